The van der Waals surface area contributed by atoms with Crippen LogP contribution in [0.3, 0.4) is 0 Å². The predicted molar refractivity (Wildman–Crippen MR) is 81.4 cm³/mol. The zero-order valence-electron chi connectivity index (χ0n) is 11.1. The van der Waals surface area contributed by atoms with Crippen molar-refractivity contribution < 1.29 is 9.47 Å². The second-order valence-electron chi connectivity index (χ2n) is 4.66. The van der Waals surface area contributed by atoms with Gasteiger partial charge in [-0.3, -0.25) is 0 Å². The zero-order chi connectivity index (χ0) is 13.9. The Balaban J connectivity index is 1.70. The second kappa shape index (κ2) is 5.71. The highest BCUT2D eigenvalue weighted by Crippen LogP contribution is 2.31. The first-order valence-corrected chi connectivity index (χ1v) is 7.26. The van der Waals surface area contributed by atoms with Gasteiger partial charge in [0, 0.05) is 6.54 Å². The van der Waals surface area contributed by atoms with Gasteiger partial charge in [-0.05, 0) is 52.2 Å². The summed E-state index contributed by atoms with van der Waals surface area (Å²) in [6, 6.07) is 8.08. The third-order valence-electron chi connectivity index (χ3n) is 3.12. The monoisotopic (exact) mass is 334 g/mol. The number of pyridine rings is 1. The molecule has 1 aromatic carbocycles. The van der Waals surface area contributed by atoms with Crippen molar-refractivity contribution in [1.29, 1.82) is 0 Å². The second-order valence-corrected chi connectivity index (χ2v) is 5.41. The Kier molecular flexibility index (Phi) is 3.78. The maximum absolute atomic E-state index is 5.58. The fraction of sp³-hybridized carbons (Fsp3) is 0.267. The van der Waals surface area contributed by atoms with Crippen molar-refractivity contribution in [3.63, 3.8) is 0 Å². The average molecular weight is 335 g/mol. The van der Waals surface area contributed by atoms with E-state index in [-0.39, 0.29) is 0 Å². The molecule has 0 saturated carbocycles. The Morgan fingerprint density at radius 3 is 2.80 bits per heavy atom. The fourth-order valence-electron chi connectivity index (χ4n) is 2.06. The van der Waals surface area contributed by atoms with Crippen molar-refractivity contribution in [3.8, 4) is 11.5 Å². The lowest BCUT2D eigenvalue weighted by Gasteiger charge is -2.19. The van der Waals surface area contributed by atoms with Gasteiger partial charge in [0.1, 0.15) is 17.8 Å². The van der Waals surface area contributed by atoms with Gasteiger partial charge in [0.2, 0.25) is 0 Å². The molecule has 1 N–H and O–H groups in total. The number of fused-ring (bicyclic) bond motifs is 1. The van der Waals surface area contributed by atoms with Crippen molar-refractivity contribution in [2.24, 2.45) is 0 Å². The van der Waals surface area contributed by atoms with Gasteiger partial charge in [0.15, 0.2) is 11.5 Å². The van der Waals surface area contributed by atoms with E-state index < -0.39 is 0 Å². The highest BCUT2D eigenvalue weighted by atomic mass is 79.9. The van der Waals surface area contributed by atoms with Crippen LogP contribution >= 0.6 is 15.9 Å². The van der Waals surface area contributed by atoms with E-state index in [0.29, 0.717) is 13.2 Å². The van der Waals surface area contributed by atoms with Gasteiger partial charge in [0.05, 0.1) is 11.9 Å². The van der Waals surface area contributed by atoms with E-state index in [1.165, 1.54) is 0 Å². The number of hydrogen-bond donors (Lipinski definition) is 1. The average Bonchev–Trinajstić information content (AvgIpc) is 2.48. The topological polar surface area (TPSA) is 43.4 Å². The first-order valence-electron chi connectivity index (χ1n) is 6.47. The number of anilines is 1. The van der Waals surface area contributed by atoms with Crippen LogP contribution in [0.15, 0.2) is 35.1 Å². The first kappa shape index (κ1) is 13.2. The molecule has 0 unspecified atom stereocenters. The molecule has 20 heavy (non-hydrogen) atoms. The molecule has 2 aromatic rings. The molecule has 0 atom stereocenters. The smallest absolute Gasteiger partial charge is 0.161 e. The van der Waals surface area contributed by atoms with Gasteiger partial charge < -0.3 is 14.8 Å². The Labute approximate surface area is 126 Å². The molecule has 0 spiro atoms. The lowest BCUT2D eigenvalue weighted by atomic mass is 10.2. The molecule has 2 heterocycles. The van der Waals surface area contributed by atoms with E-state index in [4.69, 9.17) is 9.47 Å². The summed E-state index contributed by atoms with van der Waals surface area (Å²) < 4.78 is 12.0. The fourth-order valence-corrected chi connectivity index (χ4v) is 2.27. The molecule has 0 aliphatic carbocycles. The third-order valence-corrected chi connectivity index (χ3v) is 3.95. The standard InChI is InChI=1S/C15H15BrN2O2/c1-10-6-12(9-18-15(10)16)17-8-11-2-3-13-14(7-11)20-5-4-19-13/h2-3,6-7,9,17H,4-5,8H2,1H3. The predicted octanol–water partition coefficient (Wildman–Crippen LogP) is 3.54. The molecule has 1 aromatic heterocycles. The maximum Gasteiger partial charge on any atom is 0.161 e. The highest BCUT2D eigenvalue weighted by Gasteiger charge is 2.11. The van der Waals surface area contributed by atoms with Gasteiger partial charge >= 0.3 is 0 Å². The van der Waals surface area contributed by atoms with Crippen LogP contribution in [0.1, 0.15) is 11.1 Å². The molecular weight excluding hydrogens is 320 g/mol. The van der Waals surface area contributed by atoms with Crippen LogP contribution in [0.5, 0.6) is 11.5 Å². The lowest BCUT2D eigenvalue weighted by molar-refractivity contribution is 0.171. The molecule has 1 aliphatic heterocycles. The molecule has 4 nitrogen and oxygen atoms in total. The number of nitrogens with zero attached hydrogens (tertiary/aromatic N) is 1. The molecule has 0 bridgehead atoms. The summed E-state index contributed by atoms with van der Waals surface area (Å²) >= 11 is 3.40. The number of rotatable bonds is 3. The number of nitrogens with one attached hydrogen (secondary N) is 1. The number of ether oxygens (including phenoxy) is 2. The molecule has 5 heteroatoms. The van der Waals surface area contributed by atoms with Crippen molar-refractivity contribution in [3.05, 3.63) is 46.2 Å². The van der Waals surface area contributed by atoms with E-state index in [0.717, 1.165) is 39.5 Å². The Morgan fingerprint density at radius 1 is 1.20 bits per heavy atom. The van der Waals surface area contributed by atoms with Crippen LogP contribution < -0.4 is 14.8 Å². The molecule has 3 rings (SSSR count). The summed E-state index contributed by atoms with van der Waals surface area (Å²) in [6.07, 6.45) is 1.81. The van der Waals surface area contributed by atoms with E-state index >= 15 is 0 Å². The molecule has 1 aliphatic rings. The highest BCUT2D eigenvalue weighted by molar-refractivity contribution is 9.10. The minimum Gasteiger partial charge on any atom is -0.486 e. The van der Waals surface area contributed by atoms with Crippen molar-refractivity contribution >= 4 is 21.6 Å². The Bertz CT molecular complexity index is 631. The van der Waals surface area contributed by atoms with Crippen LogP contribution in [0.4, 0.5) is 5.69 Å². The molecule has 104 valence electrons. The largest absolute Gasteiger partial charge is 0.486 e. The van der Waals surface area contributed by atoms with E-state index in [1.807, 2.05) is 31.3 Å². The molecule has 0 amide bonds. The summed E-state index contributed by atoms with van der Waals surface area (Å²) in [5.41, 5.74) is 3.26. The first-order chi connectivity index (χ1) is 9.72. The van der Waals surface area contributed by atoms with Crippen LogP contribution in [-0.2, 0) is 6.54 Å². The molecular formula is C15H15BrN2O2. The van der Waals surface area contributed by atoms with Crippen molar-refractivity contribution in [1.82, 2.24) is 4.98 Å². The summed E-state index contributed by atoms with van der Waals surface area (Å²) in [4.78, 5) is 4.27. The van der Waals surface area contributed by atoms with E-state index in [9.17, 15) is 0 Å². The van der Waals surface area contributed by atoms with Gasteiger partial charge in [-0.15, -0.1) is 0 Å². The molecule has 0 fully saturated rings. The van der Waals surface area contributed by atoms with Crippen molar-refractivity contribution in [2.75, 3.05) is 18.5 Å². The zero-order valence-corrected chi connectivity index (χ0v) is 12.7. The minimum absolute atomic E-state index is 0.611. The number of benzene rings is 1. The van der Waals surface area contributed by atoms with Gasteiger partial charge in [-0.25, -0.2) is 4.98 Å². The summed E-state index contributed by atoms with van der Waals surface area (Å²) in [6.45, 7) is 3.97. The molecule has 0 radical (unpaired) electrons. The van der Waals surface area contributed by atoms with Crippen LogP contribution in [-0.4, -0.2) is 18.2 Å². The third kappa shape index (κ3) is 2.88. The van der Waals surface area contributed by atoms with Crippen molar-refractivity contribution in [2.45, 2.75) is 13.5 Å². The Hall–Kier alpha value is -1.75. The summed E-state index contributed by atoms with van der Waals surface area (Å²) in [7, 11) is 0. The number of aryl methyl sites for hydroxylation is 1. The van der Waals surface area contributed by atoms with Gasteiger partial charge in [-0.1, -0.05) is 6.07 Å². The SMILES string of the molecule is Cc1cc(NCc2ccc3c(c2)OCCO3)cnc1Br. The number of aromatic nitrogens is 1. The van der Waals surface area contributed by atoms with Crippen LogP contribution in [0, 0.1) is 6.92 Å². The van der Waals surface area contributed by atoms with Gasteiger partial charge in [0.25, 0.3) is 0 Å². The summed E-state index contributed by atoms with van der Waals surface area (Å²) in [5.74, 6) is 1.64. The normalized spacial score (nSPS) is 13.1. The summed E-state index contributed by atoms with van der Waals surface area (Å²) in [5, 5.41) is 3.36. The van der Waals surface area contributed by atoms with E-state index in [2.05, 4.69) is 32.3 Å². The lowest BCUT2D eigenvalue weighted by Crippen LogP contribution is -2.15. The molecule has 0 saturated heterocycles. The van der Waals surface area contributed by atoms with Crippen LogP contribution in [0.2, 0.25) is 0 Å². The minimum atomic E-state index is 0.611. The maximum atomic E-state index is 5.58. The number of hydrogen-bond acceptors (Lipinski definition) is 4. The quantitative estimate of drug-likeness (QED) is 0.872. The Morgan fingerprint density at radius 2 is 2.00 bits per heavy atom. The van der Waals surface area contributed by atoms with Crippen LogP contribution in [0.25, 0.3) is 0 Å². The number of halogens is 1. The van der Waals surface area contributed by atoms with E-state index in [1.54, 1.807) is 0 Å². The van der Waals surface area contributed by atoms with Gasteiger partial charge in [-0.2, -0.15) is 0 Å².